The Morgan fingerprint density at radius 1 is 0.947 bits per heavy atom. The molecular weight excluding hydrogens is 325 g/mol. The maximum Gasteiger partial charge on any atom is 0.524 e. The van der Waals surface area contributed by atoms with E-state index in [-0.39, 0.29) is 5.56 Å². The van der Waals surface area contributed by atoms with Crippen molar-refractivity contribution in [3.8, 4) is 11.5 Å². The lowest BCUT2D eigenvalue weighted by Gasteiger charge is -2.11. The minimum absolute atomic E-state index is 0.323. The van der Waals surface area contributed by atoms with Gasteiger partial charge < -0.3 is 9.05 Å². The summed E-state index contributed by atoms with van der Waals surface area (Å²) in [7, 11) is -9.83. The molecule has 0 aliphatic rings. The zero-order valence-corrected chi connectivity index (χ0v) is 11.4. The standard InChI is InChI=1S/C7H7ClO9P2/c8-7(9)4-1-5(16-18(10,11)12)3-6(2-4)17-19(13,14)15/h1-3H,(H2,10,11,12)(H2,13,14,15). The van der Waals surface area contributed by atoms with E-state index in [0.29, 0.717) is 0 Å². The first-order chi connectivity index (χ1) is 8.46. The van der Waals surface area contributed by atoms with E-state index >= 15 is 0 Å². The van der Waals surface area contributed by atoms with Crippen molar-refractivity contribution in [2.75, 3.05) is 0 Å². The molecule has 12 heteroatoms. The lowest BCUT2D eigenvalue weighted by atomic mass is 10.2. The third-order valence-electron chi connectivity index (χ3n) is 1.56. The molecule has 4 N–H and O–H groups in total. The second kappa shape index (κ2) is 5.60. The molecule has 106 valence electrons. The smallest absolute Gasteiger partial charge is 0.404 e. The Labute approximate surface area is 111 Å². The third-order valence-corrected chi connectivity index (χ3v) is 2.67. The molecule has 9 nitrogen and oxygen atoms in total. The highest BCUT2D eigenvalue weighted by molar-refractivity contribution is 7.47. The highest BCUT2D eigenvalue weighted by Gasteiger charge is 2.21. The number of hydrogen-bond acceptors (Lipinski definition) is 5. The van der Waals surface area contributed by atoms with E-state index in [1.54, 1.807) is 0 Å². The van der Waals surface area contributed by atoms with Gasteiger partial charge in [0.25, 0.3) is 5.24 Å². The molecule has 0 spiro atoms. The molecule has 0 heterocycles. The van der Waals surface area contributed by atoms with Gasteiger partial charge in [-0.2, -0.15) is 0 Å². The van der Waals surface area contributed by atoms with Crippen LogP contribution >= 0.6 is 27.2 Å². The molecule has 0 atom stereocenters. The van der Waals surface area contributed by atoms with Crippen LogP contribution in [0.3, 0.4) is 0 Å². The van der Waals surface area contributed by atoms with Gasteiger partial charge in [0, 0.05) is 11.6 Å². The van der Waals surface area contributed by atoms with Crippen LogP contribution in [0.1, 0.15) is 10.4 Å². The van der Waals surface area contributed by atoms with E-state index in [1.165, 1.54) is 0 Å². The van der Waals surface area contributed by atoms with E-state index in [9.17, 15) is 13.9 Å². The summed E-state index contributed by atoms with van der Waals surface area (Å²) < 4.78 is 29.6. The Morgan fingerprint density at radius 3 is 1.58 bits per heavy atom. The third kappa shape index (κ3) is 6.17. The number of benzene rings is 1. The van der Waals surface area contributed by atoms with Crippen LogP contribution in [0, 0.1) is 0 Å². The van der Waals surface area contributed by atoms with Gasteiger partial charge in [0.2, 0.25) is 0 Å². The van der Waals surface area contributed by atoms with Crippen molar-refractivity contribution in [2.45, 2.75) is 0 Å². The predicted molar refractivity (Wildman–Crippen MR) is 62.0 cm³/mol. The highest BCUT2D eigenvalue weighted by atomic mass is 35.5. The maximum atomic E-state index is 10.9. The molecule has 19 heavy (non-hydrogen) atoms. The fourth-order valence-corrected chi connectivity index (χ4v) is 1.93. The zero-order valence-electron chi connectivity index (χ0n) is 8.83. The second-order valence-corrected chi connectivity index (χ2v) is 5.80. The van der Waals surface area contributed by atoms with Crippen LogP contribution < -0.4 is 9.05 Å². The predicted octanol–water partition coefficient (Wildman–Crippen LogP) is 1.01. The Bertz CT molecular complexity index is 546. The van der Waals surface area contributed by atoms with Crippen LogP contribution in [0.5, 0.6) is 11.5 Å². The van der Waals surface area contributed by atoms with Gasteiger partial charge in [0.05, 0.1) is 0 Å². The lowest BCUT2D eigenvalue weighted by Crippen LogP contribution is -1.97. The van der Waals surface area contributed by atoms with Crippen LogP contribution in [0.25, 0.3) is 0 Å². The molecule has 0 fully saturated rings. The number of halogens is 1. The molecule has 0 saturated heterocycles. The van der Waals surface area contributed by atoms with Crippen molar-refractivity contribution in [1.29, 1.82) is 0 Å². The Balaban J connectivity index is 3.22. The van der Waals surface area contributed by atoms with Gasteiger partial charge >= 0.3 is 15.6 Å². The van der Waals surface area contributed by atoms with Crippen molar-refractivity contribution >= 4 is 32.5 Å². The minimum Gasteiger partial charge on any atom is -0.404 e. The second-order valence-electron chi connectivity index (χ2n) is 3.13. The average molecular weight is 333 g/mol. The summed E-state index contributed by atoms with van der Waals surface area (Å²) in [4.78, 5) is 45.3. The van der Waals surface area contributed by atoms with Gasteiger partial charge in [-0.15, -0.1) is 0 Å². The van der Waals surface area contributed by atoms with Crippen LogP contribution in [0.15, 0.2) is 18.2 Å². The highest BCUT2D eigenvalue weighted by Crippen LogP contribution is 2.42. The number of carbonyl (C=O) groups is 1. The zero-order chi connectivity index (χ0) is 14.8. The molecule has 0 saturated carbocycles. The molecule has 1 rings (SSSR count). The number of hydrogen-bond donors (Lipinski definition) is 4. The normalized spacial score (nSPS) is 12.1. The van der Waals surface area contributed by atoms with Crippen molar-refractivity contribution in [1.82, 2.24) is 0 Å². The Morgan fingerprint density at radius 2 is 1.32 bits per heavy atom. The van der Waals surface area contributed by atoms with Gasteiger partial charge in [-0.25, -0.2) is 9.13 Å². The van der Waals surface area contributed by atoms with Gasteiger partial charge in [0.1, 0.15) is 11.5 Å². The van der Waals surface area contributed by atoms with Gasteiger partial charge in [-0.05, 0) is 23.7 Å². The molecular formula is C7H7ClO9P2. The quantitative estimate of drug-likeness (QED) is 0.457. The lowest BCUT2D eigenvalue weighted by molar-refractivity contribution is 0.108. The fourth-order valence-electron chi connectivity index (χ4n) is 1.07. The van der Waals surface area contributed by atoms with E-state index in [1.807, 2.05) is 0 Å². The number of phosphoric acid groups is 2. The molecule has 0 aliphatic heterocycles. The average Bonchev–Trinajstić information content (AvgIpc) is 2.10. The fraction of sp³-hybridized carbons (Fsp3) is 0. The molecule has 0 aromatic heterocycles. The van der Waals surface area contributed by atoms with Gasteiger partial charge in [-0.3, -0.25) is 24.4 Å². The van der Waals surface area contributed by atoms with Gasteiger partial charge in [0.15, 0.2) is 0 Å². The van der Waals surface area contributed by atoms with Crippen molar-refractivity contribution in [2.24, 2.45) is 0 Å². The SMILES string of the molecule is O=C(Cl)c1cc(OP(=O)(O)O)cc(OP(=O)(O)O)c1. The summed E-state index contributed by atoms with van der Waals surface area (Å²) in [6, 6.07) is 2.53. The number of phosphoric ester groups is 2. The molecule has 1 aromatic rings. The van der Waals surface area contributed by atoms with Crippen LogP contribution in [-0.2, 0) is 9.13 Å². The summed E-state index contributed by atoms with van der Waals surface area (Å²) in [6.07, 6.45) is 0. The largest absolute Gasteiger partial charge is 0.524 e. The molecule has 0 bridgehead atoms. The Kier molecular flexibility index (Phi) is 4.76. The summed E-state index contributed by atoms with van der Waals surface area (Å²) in [5.74, 6) is -1.08. The van der Waals surface area contributed by atoms with E-state index in [0.717, 1.165) is 18.2 Å². The maximum absolute atomic E-state index is 10.9. The van der Waals surface area contributed by atoms with Crippen LogP contribution in [0.2, 0.25) is 0 Å². The van der Waals surface area contributed by atoms with Crippen molar-refractivity contribution in [3.63, 3.8) is 0 Å². The van der Waals surface area contributed by atoms with Gasteiger partial charge in [-0.1, -0.05) is 0 Å². The summed E-state index contributed by atoms with van der Waals surface area (Å²) in [6.45, 7) is 0. The summed E-state index contributed by atoms with van der Waals surface area (Å²) in [5, 5.41) is -1.04. The van der Waals surface area contributed by atoms with Crippen molar-refractivity contribution < 1.29 is 42.5 Å². The minimum atomic E-state index is -4.91. The molecule has 0 unspecified atom stereocenters. The first-order valence-corrected chi connectivity index (χ1v) is 7.75. The molecule has 1 aromatic carbocycles. The van der Waals surface area contributed by atoms with Crippen LogP contribution in [0.4, 0.5) is 0 Å². The molecule has 0 aliphatic carbocycles. The topological polar surface area (TPSA) is 151 Å². The van der Waals surface area contributed by atoms with E-state index in [2.05, 4.69) is 9.05 Å². The Hall–Kier alpha value is -0.920. The number of rotatable bonds is 5. The van der Waals surface area contributed by atoms with Crippen LogP contribution in [-0.4, -0.2) is 24.8 Å². The number of carbonyl (C=O) groups excluding carboxylic acids is 1. The first-order valence-electron chi connectivity index (χ1n) is 4.31. The van der Waals surface area contributed by atoms with E-state index in [4.69, 9.17) is 31.2 Å². The summed E-state index contributed by atoms with van der Waals surface area (Å²) >= 11 is 5.15. The summed E-state index contributed by atoms with van der Waals surface area (Å²) in [5.41, 5.74) is -0.323. The molecule has 0 radical (unpaired) electrons. The molecule has 0 amide bonds. The van der Waals surface area contributed by atoms with E-state index < -0.39 is 32.4 Å². The van der Waals surface area contributed by atoms with Crippen molar-refractivity contribution in [3.05, 3.63) is 23.8 Å². The first kappa shape index (κ1) is 16.1. The monoisotopic (exact) mass is 332 g/mol.